The molecule has 0 amide bonds. The van der Waals surface area contributed by atoms with E-state index >= 15 is 0 Å². The second-order valence-corrected chi connectivity index (χ2v) is 11.7. The summed E-state index contributed by atoms with van der Waals surface area (Å²) in [6.07, 6.45) is 0. The third kappa shape index (κ3) is 4.52. The van der Waals surface area contributed by atoms with Crippen LogP contribution in [0.25, 0.3) is 94.7 Å². The molecule has 10 aromatic rings. The lowest BCUT2D eigenvalue weighted by Crippen LogP contribution is -2.04. The maximum Gasteiger partial charge on any atom is 0.166 e. The van der Waals surface area contributed by atoms with Crippen LogP contribution in [0.1, 0.15) is 12.3 Å². The highest BCUT2D eigenvalue weighted by molar-refractivity contribution is 6.11. The van der Waals surface area contributed by atoms with Gasteiger partial charge in [0.1, 0.15) is 11.2 Å². The van der Waals surface area contributed by atoms with Crippen LogP contribution in [0, 0.1) is 0 Å². The molecule has 234 valence electrons. The Morgan fingerprint density at radius 1 is 0.460 bits per heavy atom. The van der Waals surface area contributed by atoms with Crippen molar-refractivity contribution >= 4 is 43.7 Å². The molecule has 0 N–H and O–H groups in total. The molecule has 0 saturated heterocycles. The normalized spacial score (nSPS) is 14.1. The summed E-state index contributed by atoms with van der Waals surface area (Å²) in [6.45, 7) is 0. The third-order valence-corrected chi connectivity index (χ3v) is 8.74. The molecule has 5 nitrogen and oxygen atoms in total. The molecule has 5 heteroatoms. The maximum absolute atomic E-state index is 10.2. The van der Waals surface area contributed by atoms with Gasteiger partial charge in [0.15, 0.2) is 17.5 Å². The zero-order valence-corrected chi connectivity index (χ0v) is 26.2. The van der Waals surface area contributed by atoms with Crippen molar-refractivity contribution in [3.05, 3.63) is 170 Å². The first-order valence-electron chi connectivity index (χ1n) is 20.5. The lowest BCUT2D eigenvalue weighted by atomic mass is 9.98. The molecule has 0 saturated carbocycles. The van der Waals surface area contributed by atoms with Crippen LogP contribution in [0.3, 0.4) is 0 Å². The van der Waals surface area contributed by atoms with E-state index in [2.05, 4.69) is 0 Å². The highest BCUT2D eigenvalue weighted by atomic mass is 16.3. The number of para-hydroxylation sites is 4. The Hall–Kier alpha value is -6.85. The molecule has 10 rings (SSSR count). The Morgan fingerprint density at radius 3 is 1.74 bits per heavy atom. The van der Waals surface area contributed by atoms with Crippen LogP contribution in [-0.2, 0) is 0 Å². The average molecular weight is 650 g/mol. The molecule has 0 radical (unpaired) electrons. The Balaban J connectivity index is 1.42. The van der Waals surface area contributed by atoms with Crippen molar-refractivity contribution in [1.29, 1.82) is 0 Å². The number of hydrogen-bond acceptors (Lipinski definition) is 4. The van der Waals surface area contributed by atoms with E-state index in [1.807, 2.05) is 91.0 Å². The van der Waals surface area contributed by atoms with Crippen LogP contribution in [0.2, 0.25) is 0 Å². The lowest BCUT2D eigenvalue weighted by molar-refractivity contribution is 0.670. The standard InChI is InChI=1S/C45H28N4O/c1-3-14-29(15-4-1)43-46-44(30-16-5-2-6-17-30)48-45(47-43)37-28-31(32-21-13-22-36-35-20-9-12-25-41(35)50-42(32)36)26-27-40(37)49-38-23-10-7-18-33(38)34-19-8-11-24-39(34)49/h1-28H/i7D,8D,18D,19D,23D,24D,26D,27D,28D. The second-order valence-electron chi connectivity index (χ2n) is 11.7. The van der Waals surface area contributed by atoms with Crippen LogP contribution >= 0.6 is 0 Å². The quantitative estimate of drug-likeness (QED) is 0.186. The Morgan fingerprint density at radius 2 is 1.06 bits per heavy atom. The Kier molecular flexibility index (Phi) is 4.67. The summed E-state index contributed by atoms with van der Waals surface area (Å²) in [5.74, 6) is 0.460. The first-order chi connectivity index (χ1) is 28.5. The molecule has 0 aliphatic carbocycles. The minimum Gasteiger partial charge on any atom is -0.455 e. The Labute approximate surface area is 300 Å². The van der Waals surface area contributed by atoms with Gasteiger partial charge in [0.2, 0.25) is 0 Å². The van der Waals surface area contributed by atoms with Crippen molar-refractivity contribution in [2.24, 2.45) is 0 Å². The third-order valence-electron chi connectivity index (χ3n) is 8.74. The molecule has 0 unspecified atom stereocenters. The topological polar surface area (TPSA) is 56.7 Å². The van der Waals surface area contributed by atoms with Gasteiger partial charge < -0.3 is 8.98 Å². The van der Waals surface area contributed by atoms with Gasteiger partial charge in [0, 0.05) is 43.8 Å². The largest absolute Gasteiger partial charge is 0.455 e. The molecule has 0 aliphatic rings. The van der Waals surface area contributed by atoms with E-state index in [9.17, 15) is 6.85 Å². The molecule has 50 heavy (non-hydrogen) atoms. The summed E-state index contributed by atoms with van der Waals surface area (Å²) in [5.41, 5.74) is 2.44. The summed E-state index contributed by atoms with van der Waals surface area (Å²) < 4.78 is 90.9. The van der Waals surface area contributed by atoms with E-state index in [4.69, 9.17) is 24.9 Å². The number of furan rings is 1. The van der Waals surface area contributed by atoms with Crippen molar-refractivity contribution in [2.45, 2.75) is 0 Å². The summed E-state index contributed by atoms with van der Waals surface area (Å²) in [7, 11) is 0. The first-order valence-corrected chi connectivity index (χ1v) is 16.0. The summed E-state index contributed by atoms with van der Waals surface area (Å²) in [5, 5.41) is 1.51. The molecule has 3 heterocycles. The summed E-state index contributed by atoms with van der Waals surface area (Å²) >= 11 is 0. The van der Waals surface area contributed by atoms with Gasteiger partial charge in [-0.15, -0.1) is 0 Å². The molecule has 0 bridgehead atoms. The maximum atomic E-state index is 10.2. The molecule has 3 aromatic heterocycles. The van der Waals surface area contributed by atoms with Crippen molar-refractivity contribution in [2.75, 3.05) is 0 Å². The SMILES string of the molecule is [2H]c1cc([2H])c2c(c1[2H])c1c([2H])c([2H])cc([2H])c1n2-c1c([2H])c([2H])c(-c2cccc3c2oc2ccccc23)c([2H])c1-c1nc(-c2ccccc2)nc(-c2ccccc2)n1. The van der Waals surface area contributed by atoms with Crippen molar-refractivity contribution in [1.82, 2.24) is 19.5 Å². The highest BCUT2D eigenvalue weighted by Gasteiger charge is 2.21. The molecule has 7 aromatic carbocycles. The second kappa shape index (κ2) is 11.4. The minimum atomic E-state index is -0.428. The average Bonchev–Trinajstić information content (AvgIpc) is 3.82. The lowest BCUT2D eigenvalue weighted by Gasteiger charge is -2.16. The number of fused-ring (bicyclic) bond motifs is 6. The summed E-state index contributed by atoms with van der Waals surface area (Å²) in [4.78, 5) is 14.7. The van der Waals surface area contributed by atoms with Crippen LogP contribution in [-0.4, -0.2) is 19.5 Å². The van der Waals surface area contributed by atoms with Crippen molar-refractivity contribution in [3.8, 4) is 51.0 Å². The molecule has 0 atom stereocenters. The fraction of sp³-hybridized carbons (Fsp3) is 0. The van der Waals surface area contributed by atoms with E-state index in [0.717, 1.165) is 10.8 Å². The van der Waals surface area contributed by atoms with E-state index in [-0.39, 0.29) is 104 Å². The number of rotatable bonds is 5. The first kappa shape index (κ1) is 20.5. The molecular weight excluding hydrogens is 613 g/mol. The van der Waals surface area contributed by atoms with Crippen LogP contribution in [0.5, 0.6) is 0 Å². The van der Waals surface area contributed by atoms with Gasteiger partial charge in [0.25, 0.3) is 0 Å². The smallest absolute Gasteiger partial charge is 0.166 e. The monoisotopic (exact) mass is 649 g/mol. The van der Waals surface area contributed by atoms with Crippen LogP contribution < -0.4 is 0 Å². The van der Waals surface area contributed by atoms with E-state index in [0.29, 0.717) is 27.9 Å². The minimum absolute atomic E-state index is 0.0322. The highest BCUT2D eigenvalue weighted by Crippen LogP contribution is 2.41. The molecular formula is C45H28N4O. The van der Waals surface area contributed by atoms with E-state index < -0.39 is 6.04 Å². The fourth-order valence-corrected chi connectivity index (χ4v) is 6.47. The van der Waals surface area contributed by atoms with E-state index in [1.54, 1.807) is 12.1 Å². The van der Waals surface area contributed by atoms with Gasteiger partial charge in [-0.25, -0.2) is 15.0 Å². The zero-order chi connectivity index (χ0) is 40.9. The van der Waals surface area contributed by atoms with Gasteiger partial charge in [-0.3, -0.25) is 0 Å². The Bertz CT molecular complexity index is 3260. The van der Waals surface area contributed by atoms with Crippen molar-refractivity contribution in [3.63, 3.8) is 0 Å². The van der Waals surface area contributed by atoms with Crippen LogP contribution in [0.4, 0.5) is 0 Å². The molecule has 0 fully saturated rings. The number of benzene rings is 7. The van der Waals surface area contributed by atoms with Crippen molar-refractivity contribution < 1.29 is 16.8 Å². The predicted octanol–water partition coefficient (Wildman–Crippen LogP) is 11.5. The summed E-state index contributed by atoms with van der Waals surface area (Å²) in [6, 6.07) is 30.8. The molecule has 0 aliphatic heterocycles. The zero-order valence-electron chi connectivity index (χ0n) is 35.2. The number of nitrogens with zero attached hydrogens (tertiary/aromatic N) is 4. The van der Waals surface area contributed by atoms with E-state index in [1.165, 1.54) is 16.7 Å². The van der Waals surface area contributed by atoms with Gasteiger partial charge in [-0.2, -0.15) is 0 Å². The predicted molar refractivity (Wildman–Crippen MR) is 203 cm³/mol. The number of hydrogen-bond donors (Lipinski definition) is 0. The van der Waals surface area contributed by atoms with Gasteiger partial charge in [-0.05, 0) is 35.8 Å². The van der Waals surface area contributed by atoms with Gasteiger partial charge in [0.05, 0.1) is 29.1 Å². The molecule has 0 spiro atoms. The number of aromatic nitrogens is 4. The fourth-order valence-electron chi connectivity index (χ4n) is 6.47. The van der Waals surface area contributed by atoms with Gasteiger partial charge in [-0.1, -0.05) is 139 Å². The van der Waals surface area contributed by atoms with Gasteiger partial charge >= 0.3 is 0 Å². The van der Waals surface area contributed by atoms with Crippen LogP contribution in [0.15, 0.2) is 174 Å².